The molecule has 0 radical (unpaired) electrons. The summed E-state index contributed by atoms with van der Waals surface area (Å²) in [6, 6.07) is 13.9. The summed E-state index contributed by atoms with van der Waals surface area (Å²) in [6.07, 6.45) is 1.35. The molecule has 0 saturated heterocycles. The highest BCUT2D eigenvalue weighted by Gasteiger charge is 2.25. The Hall–Kier alpha value is -2.17. The van der Waals surface area contributed by atoms with E-state index in [4.69, 9.17) is 11.6 Å². The minimum Gasteiger partial charge on any atom is -0.341 e. The van der Waals surface area contributed by atoms with Crippen LogP contribution in [0.25, 0.3) is 0 Å². The summed E-state index contributed by atoms with van der Waals surface area (Å²) in [5.74, 6) is -0.174. The number of fused-ring (bicyclic) bond motifs is 1. The summed E-state index contributed by atoms with van der Waals surface area (Å²) in [7, 11) is 0. The fraction of sp³-hybridized carbons (Fsp3) is 0.222. The summed E-state index contributed by atoms with van der Waals surface area (Å²) in [4.78, 5) is 23.8. The van der Waals surface area contributed by atoms with Crippen LogP contribution in [0.1, 0.15) is 22.7 Å². The van der Waals surface area contributed by atoms with E-state index in [9.17, 15) is 9.59 Å². The van der Waals surface area contributed by atoms with Crippen molar-refractivity contribution in [2.24, 2.45) is 0 Å². The molecule has 1 aliphatic rings. The lowest BCUT2D eigenvalue weighted by Gasteiger charge is -2.26. The van der Waals surface area contributed by atoms with Gasteiger partial charge in [-0.2, -0.15) is 0 Å². The van der Waals surface area contributed by atoms with Crippen molar-refractivity contribution in [1.82, 2.24) is 10.6 Å². The zero-order chi connectivity index (χ0) is 16.2. The Morgan fingerprint density at radius 1 is 1.17 bits per heavy atom. The number of halogens is 1. The van der Waals surface area contributed by atoms with Gasteiger partial charge in [-0.15, -0.1) is 0 Å². The maximum Gasteiger partial charge on any atom is 0.238 e. The second-order valence-corrected chi connectivity index (χ2v) is 6.02. The Morgan fingerprint density at radius 2 is 1.87 bits per heavy atom. The van der Waals surface area contributed by atoms with Crippen LogP contribution in [0.5, 0.6) is 0 Å². The van der Waals surface area contributed by atoms with E-state index in [-0.39, 0.29) is 11.9 Å². The van der Waals surface area contributed by atoms with Crippen molar-refractivity contribution < 1.29 is 9.59 Å². The van der Waals surface area contributed by atoms with Gasteiger partial charge in [0.2, 0.25) is 5.91 Å². The highest BCUT2D eigenvalue weighted by Crippen LogP contribution is 2.18. The molecule has 0 aromatic heterocycles. The van der Waals surface area contributed by atoms with Crippen molar-refractivity contribution in [2.75, 3.05) is 0 Å². The summed E-state index contributed by atoms with van der Waals surface area (Å²) < 4.78 is 0. The first-order chi connectivity index (χ1) is 11.2. The maximum atomic E-state index is 12.5. The first kappa shape index (κ1) is 15.7. The number of benzene rings is 2. The lowest BCUT2D eigenvalue weighted by atomic mass is 9.95. The highest BCUT2D eigenvalue weighted by molar-refractivity contribution is 6.30. The van der Waals surface area contributed by atoms with Crippen LogP contribution >= 0.6 is 11.6 Å². The molecule has 0 fully saturated rings. The van der Waals surface area contributed by atoms with Crippen LogP contribution in [0, 0.1) is 0 Å². The number of carbonyl (C=O) groups excluding carboxylic acids is 2. The highest BCUT2D eigenvalue weighted by atomic mass is 35.5. The van der Waals surface area contributed by atoms with Crippen LogP contribution in [0.4, 0.5) is 0 Å². The van der Waals surface area contributed by atoms with E-state index in [1.54, 1.807) is 24.3 Å². The standard InChI is InChI=1S/C18H17ClN2O2/c19-15-7-5-12(6-8-15)17(11-22)21-18(23)16-9-13-3-1-2-4-14(13)10-20-16/h1-8,11,16-17,20H,9-10H2,(H,21,23)/t16-,17?/m1/s1. The minimum absolute atomic E-state index is 0.174. The predicted octanol–water partition coefficient (Wildman–Crippen LogP) is 2.41. The monoisotopic (exact) mass is 328 g/mol. The molecule has 2 N–H and O–H groups in total. The average molecular weight is 329 g/mol. The third-order valence-electron chi connectivity index (χ3n) is 4.06. The fourth-order valence-electron chi connectivity index (χ4n) is 2.76. The Morgan fingerprint density at radius 3 is 2.57 bits per heavy atom. The van der Waals surface area contributed by atoms with Gasteiger partial charge in [-0.3, -0.25) is 4.79 Å². The molecular formula is C18H17ClN2O2. The molecule has 5 heteroatoms. The first-order valence-corrected chi connectivity index (χ1v) is 7.86. The maximum absolute atomic E-state index is 12.5. The molecule has 0 saturated carbocycles. The Labute approximate surface area is 139 Å². The number of hydrogen-bond acceptors (Lipinski definition) is 3. The van der Waals surface area contributed by atoms with E-state index in [1.807, 2.05) is 18.2 Å². The van der Waals surface area contributed by atoms with Crippen molar-refractivity contribution in [1.29, 1.82) is 0 Å². The Balaban J connectivity index is 1.69. The number of rotatable bonds is 4. The molecule has 1 unspecified atom stereocenters. The van der Waals surface area contributed by atoms with Gasteiger partial charge in [0.15, 0.2) is 0 Å². The van der Waals surface area contributed by atoms with Crippen molar-refractivity contribution in [3.05, 3.63) is 70.2 Å². The van der Waals surface area contributed by atoms with Crippen molar-refractivity contribution >= 4 is 23.8 Å². The van der Waals surface area contributed by atoms with Crippen molar-refractivity contribution in [3.8, 4) is 0 Å². The van der Waals surface area contributed by atoms with Crippen molar-refractivity contribution in [3.63, 3.8) is 0 Å². The largest absolute Gasteiger partial charge is 0.341 e. The Kier molecular flexibility index (Phi) is 4.74. The minimum atomic E-state index is -0.668. The van der Waals surface area contributed by atoms with Gasteiger partial charge in [-0.05, 0) is 35.2 Å². The molecule has 0 aliphatic carbocycles. The topological polar surface area (TPSA) is 58.2 Å². The number of nitrogens with one attached hydrogen (secondary N) is 2. The molecule has 2 aromatic carbocycles. The number of amides is 1. The zero-order valence-electron chi connectivity index (χ0n) is 12.5. The zero-order valence-corrected chi connectivity index (χ0v) is 13.2. The summed E-state index contributed by atoms with van der Waals surface area (Å²) >= 11 is 5.85. The van der Waals surface area contributed by atoms with E-state index in [2.05, 4.69) is 16.7 Å². The van der Waals surface area contributed by atoms with Gasteiger partial charge in [0.1, 0.15) is 12.3 Å². The average Bonchev–Trinajstić information content (AvgIpc) is 2.60. The normalized spacial score (nSPS) is 17.9. The second-order valence-electron chi connectivity index (χ2n) is 5.58. The number of carbonyl (C=O) groups is 2. The van der Waals surface area contributed by atoms with Crippen LogP contribution in [0.15, 0.2) is 48.5 Å². The van der Waals surface area contributed by atoms with Crippen LogP contribution in [-0.4, -0.2) is 18.2 Å². The SMILES string of the molecule is O=CC(NC(=O)[C@H]1Cc2ccccc2CN1)c1ccc(Cl)cc1. The molecule has 1 heterocycles. The smallest absolute Gasteiger partial charge is 0.238 e. The summed E-state index contributed by atoms with van der Waals surface area (Å²) in [5, 5.41) is 6.60. The van der Waals surface area contributed by atoms with Crippen LogP contribution in [-0.2, 0) is 22.6 Å². The van der Waals surface area contributed by atoms with Gasteiger partial charge in [0.05, 0.1) is 6.04 Å². The molecule has 1 amide bonds. The lowest BCUT2D eigenvalue weighted by Crippen LogP contribution is -2.48. The molecular weight excluding hydrogens is 312 g/mol. The van der Waals surface area contributed by atoms with E-state index >= 15 is 0 Å². The van der Waals surface area contributed by atoms with Gasteiger partial charge in [0.25, 0.3) is 0 Å². The van der Waals surface area contributed by atoms with E-state index in [0.717, 1.165) is 6.29 Å². The predicted molar refractivity (Wildman–Crippen MR) is 89.2 cm³/mol. The van der Waals surface area contributed by atoms with Gasteiger partial charge in [0, 0.05) is 11.6 Å². The molecule has 0 spiro atoms. The van der Waals surface area contributed by atoms with Gasteiger partial charge < -0.3 is 15.4 Å². The molecule has 2 atom stereocenters. The molecule has 3 rings (SSSR count). The number of aldehydes is 1. The summed E-state index contributed by atoms with van der Waals surface area (Å²) in [5.41, 5.74) is 3.09. The molecule has 118 valence electrons. The van der Waals surface area contributed by atoms with Crippen molar-refractivity contribution in [2.45, 2.75) is 25.0 Å². The summed E-state index contributed by atoms with van der Waals surface area (Å²) in [6.45, 7) is 0.654. The fourth-order valence-corrected chi connectivity index (χ4v) is 2.89. The quantitative estimate of drug-likeness (QED) is 0.847. The van der Waals surface area contributed by atoms with E-state index in [1.165, 1.54) is 11.1 Å². The lowest BCUT2D eigenvalue weighted by molar-refractivity contribution is -0.126. The third-order valence-corrected chi connectivity index (χ3v) is 4.31. The third kappa shape index (κ3) is 3.60. The van der Waals surface area contributed by atoms with Gasteiger partial charge in [-0.1, -0.05) is 48.0 Å². The van der Waals surface area contributed by atoms with E-state index in [0.29, 0.717) is 23.6 Å². The van der Waals surface area contributed by atoms with Gasteiger partial charge in [-0.25, -0.2) is 0 Å². The van der Waals surface area contributed by atoms with E-state index < -0.39 is 6.04 Å². The molecule has 2 aromatic rings. The number of hydrogen-bond donors (Lipinski definition) is 2. The van der Waals surface area contributed by atoms with Crippen LogP contribution in [0.2, 0.25) is 5.02 Å². The molecule has 4 nitrogen and oxygen atoms in total. The van der Waals surface area contributed by atoms with Crippen LogP contribution in [0.3, 0.4) is 0 Å². The second kappa shape index (κ2) is 6.94. The van der Waals surface area contributed by atoms with Crippen LogP contribution < -0.4 is 10.6 Å². The Bertz CT molecular complexity index is 715. The van der Waals surface area contributed by atoms with Gasteiger partial charge >= 0.3 is 0 Å². The molecule has 23 heavy (non-hydrogen) atoms. The molecule has 1 aliphatic heterocycles. The molecule has 0 bridgehead atoms. The first-order valence-electron chi connectivity index (χ1n) is 7.48.